The third kappa shape index (κ3) is 2.31. The lowest BCUT2D eigenvalue weighted by Crippen LogP contribution is -2.21. The maximum atomic E-state index is 4.32. The maximum Gasteiger partial charge on any atom is 0.0798 e. The lowest BCUT2D eigenvalue weighted by molar-refractivity contribution is 0.635. The van der Waals surface area contributed by atoms with E-state index in [2.05, 4.69) is 48.4 Å². The van der Waals surface area contributed by atoms with Gasteiger partial charge < -0.3 is 5.32 Å². The molecule has 1 N–H and O–H groups in total. The second kappa shape index (κ2) is 5.23. The Hall–Kier alpha value is -1.19. The van der Waals surface area contributed by atoms with Gasteiger partial charge in [0.05, 0.1) is 17.2 Å². The molecule has 0 aliphatic heterocycles. The zero-order valence-corrected chi connectivity index (χ0v) is 10.4. The Morgan fingerprint density at radius 1 is 1.31 bits per heavy atom. The predicted octanol–water partition coefficient (Wildman–Crippen LogP) is 3.15. The normalized spacial score (nSPS) is 12.6. The Morgan fingerprint density at radius 3 is 2.62 bits per heavy atom. The summed E-state index contributed by atoms with van der Waals surface area (Å²) < 4.78 is 0. The van der Waals surface area contributed by atoms with Crippen LogP contribution >= 0.6 is 11.3 Å². The van der Waals surface area contributed by atoms with Crippen molar-refractivity contribution in [2.45, 2.75) is 19.9 Å². The molecule has 1 aromatic carbocycles. The molecule has 1 aromatic heterocycles. The number of aromatic nitrogens is 1. The minimum atomic E-state index is 0.277. The van der Waals surface area contributed by atoms with Crippen molar-refractivity contribution in [3.63, 3.8) is 0 Å². The van der Waals surface area contributed by atoms with Crippen LogP contribution in [0.5, 0.6) is 0 Å². The van der Waals surface area contributed by atoms with Gasteiger partial charge in [-0.2, -0.15) is 0 Å². The number of hydrogen-bond acceptors (Lipinski definition) is 3. The molecule has 0 radical (unpaired) electrons. The molecule has 1 unspecified atom stereocenters. The van der Waals surface area contributed by atoms with Gasteiger partial charge in [0.25, 0.3) is 0 Å². The first-order chi connectivity index (χ1) is 7.83. The van der Waals surface area contributed by atoms with Crippen molar-refractivity contribution in [3.8, 4) is 0 Å². The minimum Gasteiger partial charge on any atom is -0.306 e. The zero-order chi connectivity index (χ0) is 11.4. The lowest BCUT2D eigenvalue weighted by Gasteiger charge is -2.17. The topological polar surface area (TPSA) is 24.9 Å². The van der Waals surface area contributed by atoms with Gasteiger partial charge in [-0.3, -0.25) is 0 Å². The molecule has 1 atom stereocenters. The van der Waals surface area contributed by atoms with Gasteiger partial charge >= 0.3 is 0 Å². The molecule has 0 amide bonds. The first kappa shape index (κ1) is 11.3. The molecule has 1 heterocycles. The monoisotopic (exact) mass is 232 g/mol. The standard InChI is InChI=1S/C13H16N2S/c1-3-14-12(11-7-5-4-6-8-11)13-10(2)15-9-16-13/h4-9,12,14H,3H2,1-2H3. The third-order valence-corrected chi connectivity index (χ3v) is 3.58. The van der Waals surface area contributed by atoms with Gasteiger partial charge in [0.2, 0.25) is 0 Å². The highest BCUT2D eigenvalue weighted by molar-refractivity contribution is 7.09. The van der Waals surface area contributed by atoms with Crippen molar-refractivity contribution in [2.75, 3.05) is 6.54 Å². The smallest absolute Gasteiger partial charge is 0.0798 e. The zero-order valence-electron chi connectivity index (χ0n) is 9.60. The lowest BCUT2D eigenvalue weighted by atomic mass is 10.0. The fourth-order valence-corrected chi connectivity index (χ4v) is 2.70. The molecule has 2 nitrogen and oxygen atoms in total. The van der Waals surface area contributed by atoms with Gasteiger partial charge in [0.1, 0.15) is 0 Å². The van der Waals surface area contributed by atoms with Crippen LogP contribution in [-0.4, -0.2) is 11.5 Å². The molecule has 0 aliphatic carbocycles. The first-order valence-electron chi connectivity index (χ1n) is 5.51. The molecular weight excluding hydrogens is 216 g/mol. The van der Waals surface area contributed by atoms with Crippen molar-refractivity contribution < 1.29 is 0 Å². The number of thiazole rings is 1. The molecule has 0 saturated carbocycles. The van der Waals surface area contributed by atoms with Gasteiger partial charge in [-0.05, 0) is 19.0 Å². The molecule has 84 valence electrons. The van der Waals surface area contributed by atoms with Gasteiger partial charge in [-0.1, -0.05) is 37.3 Å². The number of hydrogen-bond donors (Lipinski definition) is 1. The van der Waals surface area contributed by atoms with E-state index in [9.17, 15) is 0 Å². The van der Waals surface area contributed by atoms with Crippen molar-refractivity contribution in [1.82, 2.24) is 10.3 Å². The molecule has 2 aromatic rings. The van der Waals surface area contributed by atoms with E-state index in [0.717, 1.165) is 12.2 Å². The highest BCUT2D eigenvalue weighted by Crippen LogP contribution is 2.27. The Labute approximate surface area is 100 Å². The summed E-state index contributed by atoms with van der Waals surface area (Å²) in [6, 6.07) is 10.8. The van der Waals surface area contributed by atoms with E-state index >= 15 is 0 Å². The Morgan fingerprint density at radius 2 is 2.06 bits per heavy atom. The van der Waals surface area contributed by atoms with E-state index in [1.807, 2.05) is 11.6 Å². The number of nitrogens with one attached hydrogen (secondary N) is 1. The van der Waals surface area contributed by atoms with Crippen LogP contribution in [0.25, 0.3) is 0 Å². The van der Waals surface area contributed by atoms with Crippen LogP contribution < -0.4 is 5.32 Å². The van der Waals surface area contributed by atoms with E-state index < -0.39 is 0 Å². The van der Waals surface area contributed by atoms with Crippen LogP contribution in [0.15, 0.2) is 35.8 Å². The van der Waals surface area contributed by atoms with E-state index in [1.165, 1.54) is 10.4 Å². The summed E-state index contributed by atoms with van der Waals surface area (Å²) in [5.74, 6) is 0. The average Bonchev–Trinajstić information content (AvgIpc) is 2.73. The van der Waals surface area contributed by atoms with E-state index in [0.29, 0.717) is 0 Å². The van der Waals surface area contributed by atoms with Gasteiger partial charge in [-0.15, -0.1) is 11.3 Å². The van der Waals surface area contributed by atoms with Crippen LogP contribution in [-0.2, 0) is 0 Å². The third-order valence-electron chi connectivity index (χ3n) is 2.59. The van der Waals surface area contributed by atoms with E-state index in [1.54, 1.807) is 11.3 Å². The highest BCUT2D eigenvalue weighted by atomic mass is 32.1. The summed E-state index contributed by atoms with van der Waals surface area (Å²) in [6.45, 7) is 5.16. The van der Waals surface area contributed by atoms with E-state index in [4.69, 9.17) is 0 Å². The number of nitrogens with zero attached hydrogens (tertiary/aromatic N) is 1. The summed E-state index contributed by atoms with van der Waals surface area (Å²) in [6.07, 6.45) is 0. The van der Waals surface area contributed by atoms with Crippen LogP contribution in [0.4, 0.5) is 0 Å². The number of benzene rings is 1. The molecule has 16 heavy (non-hydrogen) atoms. The molecule has 0 bridgehead atoms. The van der Waals surface area contributed by atoms with Crippen molar-refractivity contribution in [1.29, 1.82) is 0 Å². The number of aryl methyl sites for hydroxylation is 1. The molecular formula is C13H16N2S. The van der Waals surface area contributed by atoms with Crippen molar-refractivity contribution in [2.24, 2.45) is 0 Å². The molecule has 0 aliphatic rings. The summed E-state index contributed by atoms with van der Waals surface area (Å²) >= 11 is 1.72. The molecule has 0 spiro atoms. The first-order valence-corrected chi connectivity index (χ1v) is 6.39. The fraction of sp³-hybridized carbons (Fsp3) is 0.308. The van der Waals surface area contributed by atoms with Crippen molar-refractivity contribution in [3.05, 3.63) is 52.0 Å². The second-order valence-electron chi connectivity index (χ2n) is 3.70. The SMILES string of the molecule is CCNC(c1ccccc1)c1scnc1C. The van der Waals surface area contributed by atoms with Crippen LogP contribution in [0.2, 0.25) is 0 Å². The highest BCUT2D eigenvalue weighted by Gasteiger charge is 2.16. The summed E-state index contributed by atoms with van der Waals surface area (Å²) in [7, 11) is 0. The fourth-order valence-electron chi connectivity index (χ4n) is 1.80. The minimum absolute atomic E-state index is 0.277. The second-order valence-corrected chi connectivity index (χ2v) is 4.59. The molecule has 3 heteroatoms. The quantitative estimate of drug-likeness (QED) is 0.876. The Kier molecular flexibility index (Phi) is 3.70. The van der Waals surface area contributed by atoms with Crippen molar-refractivity contribution >= 4 is 11.3 Å². The van der Waals surface area contributed by atoms with E-state index in [-0.39, 0.29) is 6.04 Å². The Balaban J connectivity index is 2.35. The largest absolute Gasteiger partial charge is 0.306 e. The molecule has 2 rings (SSSR count). The summed E-state index contributed by atoms with van der Waals surface area (Å²) in [5.41, 5.74) is 4.34. The van der Waals surface area contributed by atoms with Gasteiger partial charge in [0, 0.05) is 4.88 Å². The molecule has 0 fully saturated rings. The Bertz CT molecular complexity index is 436. The maximum absolute atomic E-state index is 4.32. The average molecular weight is 232 g/mol. The van der Waals surface area contributed by atoms with Crippen LogP contribution in [0, 0.1) is 6.92 Å². The van der Waals surface area contributed by atoms with Crippen LogP contribution in [0.1, 0.15) is 29.1 Å². The summed E-state index contributed by atoms with van der Waals surface area (Å²) in [5, 5.41) is 3.51. The van der Waals surface area contributed by atoms with Gasteiger partial charge in [-0.25, -0.2) is 4.98 Å². The predicted molar refractivity (Wildman–Crippen MR) is 68.8 cm³/mol. The number of rotatable bonds is 4. The molecule has 0 saturated heterocycles. The van der Waals surface area contributed by atoms with Crippen LogP contribution in [0.3, 0.4) is 0 Å². The summed E-state index contributed by atoms with van der Waals surface area (Å²) in [4.78, 5) is 5.64. The van der Waals surface area contributed by atoms with Gasteiger partial charge in [0.15, 0.2) is 0 Å².